The van der Waals surface area contributed by atoms with Crippen LogP contribution in [0.1, 0.15) is 158 Å². The molecule has 0 aromatic carbocycles. The van der Waals surface area contributed by atoms with Crippen molar-refractivity contribution in [1.29, 1.82) is 5.26 Å². The molecular formula is C51H76N6O6S. The summed E-state index contributed by atoms with van der Waals surface area (Å²) in [4.78, 5) is 79.5. The van der Waals surface area contributed by atoms with E-state index in [1.807, 2.05) is 37.8 Å². The van der Waals surface area contributed by atoms with Crippen LogP contribution in [-0.4, -0.2) is 78.0 Å². The van der Waals surface area contributed by atoms with Gasteiger partial charge in [0.15, 0.2) is 11.6 Å². The van der Waals surface area contributed by atoms with Crippen LogP contribution in [0, 0.1) is 61.6 Å². The number of rotatable bonds is 17. The molecule has 2 heterocycles. The molecular weight excluding hydrogens is 825 g/mol. The van der Waals surface area contributed by atoms with Gasteiger partial charge < -0.3 is 26.6 Å². The summed E-state index contributed by atoms with van der Waals surface area (Å²) in [5.41, 5.74) is -1.44. The average molecular weight is 901 g/mol. The van der Waals surface area contributed by atoms with Crippen LogP contribution in [0.4, 0.5) is 4.79 Å². The zero-order valence-corrected chi connectivity index (χ0v) is 40.6. The second-order valence-corrected chi connectivity index (χ2v) is 24.0. The molecule has 2 aliphatic heterocycles. The Labute approximate surface area is 386 Å². The van der Waals surface area contributed by atoms with Gasteiger partial charge in [0, 0.05) is 60.2 Å². The summed E-state index contributed by atoms with van der Waals surface area (Å²) in [5, 5.41) is 25.8. The number of unbranched alkanes of at least 4 members (excludes halogenated alkanes) is 4. The van der Waals surface area contributed by atoms with Crippen LogP contribution in [0.3, 0.4) is 0 Å². The van der Waals surface area contributed by atoms with Crippen LogP contribution in [0.5, 0.6) is 0 Å². The summed E-state index contributed by atoms with van der Waals surface area (Å²) in [6.45, 7) is 16.9. The van der Waals surface area contributed by atoms with Crippen molar-refractivity contribution < 1.29 is 28.8 Å². The molecule has 0 spiro atoms. The molecule has 3 saturated carbocycles. The minimum absolute atomic E-state index is 0.0103. The SMILES string of the molecule is CC1(C)CC[C@]2(C(=O)NCCCC(=O)NCCCCCCNC(=O)CCCC[C@@H]3SC[C@@H]4NC(=O)N[C@@H]43)CC[C@]3(C)[C@H](C(=O)C=C4[C@@]5(C)C=C(C#N)C(=O)C(C)(C)[C@@H]5CC[C@]43C)[C@@H]2C1. The van der Waals surface area contributed by atoms with Crippen LogP contribution < -0.4 is 26.6 Å². The van der Waals surface area contributed by atoms with E-state index in [0.29, 0.717) is 50.6 Å². The third-order valence-electron chi connectivity index (χ3n) is 18.0. The van der Waals surface area contributed by atoms with E-state index in [1.54, 1.807) is 0 Å². The number of hydrogen-bond donors (Lipinski definition) is 5. The van der Waals surface area contributed by atoms with Crippen molar-refractivity contribution in [2.45, 2.75) is 175 Å². The van der Waals surface area contributed by atoms with E-state index in [4.69, 9.17) is 0 Å². The van der Waals surface area contributed by atoms with Gasteiger partial charge >= 0.3 is 6.03 Å². The maximum Gasteiger partial charge on any atom is 0.315 e. The molecule has 12 nitrogen and oxygen atoms in total. The molecule has 352 valence electrons. The number of amides is 5. The number of thioether (sulfide) groups is 1. The monoisotopic (exact) mass is 901 g/mol. The Hall–Kier alpha value is -3.66. The highest BCUT2D eigenvalue weighted by molar-refractivity contribution is 8.00. The van der Waals surface area contributed by atoms with Gasteiger partial charge in [-0.3, -0.25) is 24.0 Å². The van der Waals surface area contributed by atoms with Crippen molar-refractivity contribution in [3.8, 4) is 6.07 Å². The molecule has 7 aliphatic rings. The van der Waals surface area contributed by atoms with Gasteiger partial charge in [-0.25, -0.2) is 4.79 Å². The normalized spacial score (nSPS) is 36.6. The zero-order valence-electron chi connectivity index (χ0n) is 39.8. The number of ketones is 2. The van der Waals surface area contributed by atoms with Crippen molar-refractivity contribution in [2.75, 3.05) is 25.4 Å². The van der Waals surface area contributed by atoms with Gasteiger partial charge in [0.1, 0.15) is 6.07 Å². The smallest absolute Gasteiger partial charge is 0.315 e. The summed E-state index contributed by atoms with van der Waals surface area (Å²) >= 11 is 1.91. The third-order valence-corrected chi connectivity index (χ3v) is 19.5. The van der Waals surface area contributed by atoms with Crippen LogP contribution in [0.25, 0.3) is 0 Å². The average Bonchev–Trinajstić information content (AvgIpc) is 3.80. The molecule has 5 fully saturated rings. The minimum atomic E-state index is -0.716. The second kappa shape index (κ2) is 18.6. The van der Waals surface area contributed by atoms with E-state index in [-0.39, 0.29) is 87.0 Å². The summed E-state index contributed by atoms with van der Waals surface area (Å²) in [6, 6.07) is 2.58. The van der Waals surface area contributed by atoms with Crippen molar-refractivity contribution >= 4 is 47.1 Å². The Morgan fingerprint density at radius 3 is 2.14 bits per heavy atom. The van der Waals surface area contributed by atoms with E-state index in [9.17, 15) is 34.0 Å². The molecule has 7 rings (SSSR count). The van der Waals surface area contributed by atoms with Crippen molar-refractivity contribution in [2.24, 2.45) is 50.2 Å². The van der Waals surface area contributed by atoms with E-state index >= 15 is 0 Å². The van der Waals surface area contributed by atoms with Gasteiger partial charge in [-0.15, -0.1) is 0 Å². The second-order valence-electron chi connectivity index (χ2n) is 22.8. The van der Waals surface area contributed by atoms with Crippen molar-refractivity contribution in [3.63, 3.8) is 0 Å². The summed E-state index contributed by atoms with van der Waals surface area (Å²) < 4.78 is 0. The van der Waals surface area contributed by atoms with Crippen molar-refractivity contribution in [3.05, 3.63) is 23.3 Å². The first kappa shape index (κ1) is 48.3. The highest BCUT2D eigenvalue weighted by atomic mass is 32.2. The lowest BCUT2D eigenvalue weighted by atomic mass is 9.34. The molecule has 13 heteroatoms. The number of carbonyl (C=O) groups excluding carboxylic acids is 6. The molecule has 5 N–H and O–H groups in total. The number of hydrogen-bond acceptors (Lipinski definition) is 8. The predicted molar refractivity (Wildman–Crippen MR) is 250 cm³/mol. The predicted octanol–water partition coefficient (Wildman–Crippen LogP) is 7.62. The first-order valence-electron chi connectivity index (χ1n) is 24.7. The number of nitrogens with one attached hydrogen (secondary N) is 5. The van der Waals surface area contributed by atoms with Gasteiger partial charge in [0.05, 0.1) is 23.1 Å². The maximum atomic E-state index is 14.9. The number of nitrogens with zero attached hydrogens (tertiary/aromatic N) is 1. The van der Waals surface area contributed by atoms with E-state index in [1.165, 1.54) is 0 Å². The summed E-state index contributed by atoms with van der Waals surface area (Å²) in [5.74, 6) is 0.607. The van der Waals surface area contributed by atoms with Crippen LogP contribution in [0.2, 0.25) is 0 Å². The number of carbonyl (C=O) groups is 6. The van der Waals surface area contributed by atoms with Gasteiger partial charge in [-0.05, 0) is 111 Å². The lowest BCUT2D eigenvalue weighted by Crippen LogP contribution is -2.66. The molecule has 10 atom stereocenters. The number of allylic oxidation sites excluding steroid dienone is 4. The van der Waals surface area contributed by atoms with E-state index in [0.717, 1.165) is 94.8 Å². The number of Topliss-reactive ketones (excluding diaryl/α,β-unsaturated/α-hetero) is 1. The molecule has 0 unspecified atom stereocenters. The highest BCUT2D eigenvalue weighted by Gasteiger charge is 2.71. The van der Waals surface area contributed by atoms with Crippen molar-refractivity contribution in [1.82, 2.24) is 26.6 Å². The summed E-state index contributed by atoms with van der Waals surface area (Å²) in [6.07, 6.45) is 17.3. The fourth-order valence-electron chi connectivity index (χ4n) is 14.2. The van der Waals surface area contributed by atoms with E-state index < -0.39 is 16.2 Å². The molecule has 0 radical (unpaired) electrons. The molecule has 5 amide bonds. The molecule has 5 aliphatic carbocycles. The fourth-order valence-corrected chi connectivity index (χ4v) is 15.7. The molecule has 2 saturated heterocycles. The van der Waals surface area contributed by atoms with Crippen LogP contribution in [-0.2, 0) is 24.0 Å². The van der Waals surface area contributed by atoms with Crippen LogP contribution >= 0.6 is 11.8 Å². The minimum Gasteiger partial charge on any atom is -0.356 e. The largest absolute Gasteiger partial charge is 0.356 e. The topological polar surface area (TPSA) is 186 Å². The Balaban J connectivity index is 0.838. The first-order valence-corrected chi connectivity index (χ1v) is 25.7. The molecule has 64 heavy (non-hydrogen) atoms. The van der Waals surface area contributed by atoms with Crippen LogP contribution in [0.15, 0.2) is 23.3 Å². The van der Waals surface area contributed by atoms with Gasteiger partial charge in [0.2, 0.25) is 17.7 Å². The lowest BCUT2D eigenvalue weighted by Gasteiger charge is -2.69. The Kier molecular flexibility index (Phi) is 14.0. The number of urea groups is 1. The Morgan fingerprint density at radius 2 is 1.45 bits per heavy atom. The van der Waals surface area contributed by atoms with Gasteiger partial charge in [-0.1, -0.05) is 79.4 Å². The standard InChI is InChI=1S/C51H76N6O6S/c1-46(2)20-22-51(23-21-50(7)41(33(51)29-46)35(58)27-38-48(5)28-32(30-52)43(61)47(3,4)37(48)18-19-49(38,50)6)44(62)55-26-14-17-40(60)54-25-13-9-8-12-24-53-39(59)16-11-10-15-36-42-34(31-64-36)56-45(63)57-42/h27-28,33-34,36-37,41-42H,8-26,29,31H2,1-7H3,(H,53,59)(H,54,60)(H,55,62)(H2,56,57,63)/t33-,34-,36-,37-,41-,42-,48-,49+,50+,51-/m0/s1. The summed E-state index contributed by atoms with van der Waals surface area (Å²) in [7, 11) is 0. The molecule has 0 aromatic heterocycles. The number of nitriles is 1. The third kappa shape index (κ3) is 8.84. The quantitative estimate of drug-likeness (QED) is 0.0729. The van der Waals surface area contributed by atoms with Gasteiger partial charge in [0.25, 0.3) is 0 Å². The Morgan fingerprint density at radius 1 is 0.797 bits per heavy atom. The maximum absolute atomic E-state index is 14.9. The first-order chi connectivity index (χ1) is 30.2. The van der Waals surface area contributed by atoms with Gasteiger partial charge in [-0.2, -0.15) is 17.0 Å². The van der Waals surface area contributed by atoms with E-state index in [2.05, 4.69) is 67.3 Å². The lowest BCUT2D eigenvalue weighted by molar-refractivity contribution is -0.178. The fraction of sp³-hybridized carbons (Fsp3) is 0.784. The highest BCUT2D eigenvalue weighted by Crippen LogP contribution is 2.74. The Bertz CT molecular complexity index is 1990. The molecule has 0 aromatic rings. The molecule has 0 bridgehead atoms. The zero-order chi connectivity index (χ0) is 46.3. The number of fused-ring (bicyclic) bond motifs is 8.